The maximum Gasteiger partial charge on any atom is 0.459 e. The van der Waals surface area contributed by atoms with E-state index in [1.165, 1.54) is 0 Å². The average molecular weight is 399 g/mol. The van der Waals surface area contributed by atoms with Crippen LogP contribution in [0.4, 0.5) is 0 Å². The number of ether oxygens (including phenoxy) is 1. The number of hydrogen-bond donors (Lipinski definition) is 1. The van der Waals surface area contributed by atoms with Crippen molar-refractivity contribution >= 4 is 13.7 Å². The van der Waals surface area contributed by atoms with Crippen molar-refractivity contribution in [3.05, 3.63) is 29.3 Å². The van der Waals surface area contributed by atoms with E-state index in [0.29, 0.717) is 5.75 Å². The number of esters is 1. The van der Waals surface area contributed by atoms with E-state index in [-0.39, 0.29) is 24.5 Å². The number of hydrogen-bond acceptors (Lipinski definition) is 5. The van der Waals surface area contributed by atoms with Gasteiger partial charge >= 0.3 is 13.7 Å². The minimum Gasteiger partial charge on any atom is -0.462 e. The zero-order chi connectivity index (χ0) is 20.8. The number of rotatable bonds is 10. The number of benzene rings is 1. The molecule has 0 fully saturated rings. The fourth-order valence-electron chi connectivity index (χ4n) is 2.59. The second-order valence-corrected chi connectivity index (χ2v) is 9.11. The summed E-state index contributed by atoms with van der Waals surface area (Å²) in [6.07, 6.45) is -0.261. The van der Waals surface area contributed by atoms with Crippen LogP contribution in [-0.2, 0) is 18.6 Å². The van der Waals surface area contributed by atoms with Crippen molar-refractivity contribution < 1.29 is 23.1 Å². The van der Waals surface area contributed by atoms with Gasteiger partial charge in [0.05, 0.1) is 12.7 Å². The van der Waals surface area contributed by atoms with Gasteiger partial charge in [-0.05, 0) is 50.7 Å². The summed E-state index contributed by atoms with van der Waals surface area (Å²) in [5.74, 6) is 0.403. The number of para-hydroxylation sites is 1. The SMILES string of the molecule is CCOP(=O)(NC(C)C(=O)OC(C)C)Oc1c(C(C)C)cccc1C(C)C. The summed E-state index contributed by atoms with van der Waals surface area (Å²) < 4.78 is 30.0. The number of carbonyl (C=O) groups excluding carboxylic acids is 1. The summed E-state index contributed by atoms with van der Waals surface area (Å²) in [6.45, 7) is 15.2. The summed E-state index contributed by atoms with van der Waals surface area (Å²) in [6, 6.07) is 5.05. The number of carbonyl (C=O) groups is 1. The standard InChI is InChI=1S/C20H34NO5P/c1-9-24-27(23,21-16(8)20(22)25-15(6)7)26-19-17(13(2)3)11-10-12-18(19)14(4)5/h10-16H,9H2,1-8H3,(H,21,23). The molecule has 0 amide bonds. The topological polar surface area (TPSA) is 73.9 Å². The summed E-state index contributed by atoms with van der Waals surface area (Å²) in [7, 11) is -3.78. The molecule has 0 bridgehead atoms. The Morgan fingerprint density at radius 2 is 1.56 bits per heavy atom. The molecule has 0 aromatic heterocycles. The van der Waals surface area contributed by atoms with Crippen molar-refractivity contribution in [3.63, 3.8) is 0 Å². The maximum absolute atomic E-state index is 13.4. The molecule has 154 valence electrons. The lowest BCUT2D eigenvalue weighted by molar-refractivity contribution is -0.149. The lowest BCUT2D eigenvalue weighted by Crippen LogP contribution is -2.36. The molecule has 2 atom stereocenters. The van der Waals surface area contributed by atoms with Gasteiger partial charge in [-0.1, -0.05) is 45.9 Å². The predicted octanol–water partition coefficient (Wildman–Crippen LogP) is 5.39. The van der Waals surface area contributed by atoms with E-state index < -0.39 is 19.8 Å². The molecule has 1 rings (SSSR count). The first kappa shape index (κ1) is 23.7. The summed E-state index contributed by atoms with van der Waals surface area (Å²) in [5.41, 5.74) is 1.89. The predicted molar refractivity (Wildman–Crippen MR) is 108 cm³/mol. The lowest BCUT2D eigenvalue weighted by atomic mass is 9.94. The molecule has 1 N–H and O–H groups in total. The van der Waals surface area contributed by atoms with Gasteiger partial charge < -0.3 is 9.26 Å². The van der Waals surface area contributed by atoms with Crippen LogP contribution >= 0.6 is 7.75 Å². The minimum atomic E-state index is -3.78. The molecular formula is C20H34NO5P. The first-order valence-electron chi connectivity index (χ1n) is 9.56. The van der Waals surface area contributed by atoms with Crippen LogP contribution in [0.5, 0.6) is 5.75 Å². The zero-order valence-corrected chi connectivity index (χ0v) is 18.6. The Labute approximate surface area is 163 Å². The van der Waals surface area contributed by atoms with Gasteiger partial charge in [-0.15, -0.1) is 0 Å². The Bertz CT molecular complexity index is 646. The van der Waals surface area contributed by atoms with Gasteiger partial charge in [0, 0.05) is 0 Å². The van der Waals surface area contributed by atoms with Crippen LogP contribution in [0, 0.1) is 0 Å². The van der Waals surface area contributed by atoms with Crippen molar-refractivity contribution in [2.45, 2.75) is 79.4 Å². The van der Waals surface area contributed by atoms with E-state index in [1.807, 2.05) is 45.9 Å². The van der Waals surface area contributed by atoms with Crippen molar-refractivity contribution in [2.75, 3.05) is 6.61 Å². The van der Waals surface area contributed by atoms with Crippen LogP contribution < -0.4 is 9.61 Å². The van der Waals surface area contributed by atoms with Gasteiger partial charge in [-0.2, -0.15) is 5.09 Å². The zero-order valence-electron chi connectivity index (χ0n) is 17.7. The molecule has 0 saturated carbocycles. The highest BCUT2D eigenvalue weighted by Crippen LogP contribution is 2.49. The average Bonchev–Trinajstić information content (AvgIpc) is 2.53. The Kier molecular flexibility index (Phi) is 9.00. The van der Waals surface area contributed by atoms with Crippen LogP contribution in [-0.4, -0.2) is 24.7 Å². The molecule has 1 aromatic carbocycles. The molecule has 0 saturated heterocycles. The Morgan fingerprint density at radius 1 is 1.04 bits per heavy atom. The van der Waals surface area contributed by atoms with Crippen molar-refractivity contribution in [1.82, 2.24) is 5.09 Å². The Balaban J connectivity index is 3.22. The van der Waals surface area contributed by atoms with Gasteiger partial charge in [-0.3, -0.25) is 9.32 Å². The summed E-state index contributed by atoms with van der Waals surface area (Å²) in [5, 5.41) is 2.72. The van der Waals surface area contributed by atoms with E-state index in [9.17, 15) is 9.36 Å². The molecule has 1 aromatic rings. The van der Waals surface area contributed by atoms with E-state index in [1.54, 1.807) is 27.7 Å². The Morgan fingerprint density at radius 3 is 1.96 bits per heavy atom. The van der Waals surface area contributed by atoms with Crippen LogP contribution in [0.2, 0.25) is 0 Å². The molecular weight excluding hydrogens is 365 g/mol. The number of nitrogens with one attached hydrogen (secondary N) is 1. The highest BCUT2D eigenvalue weighted by Gasteiger charge is 2.34. The molecule has 0 radical (unpaired) electrons. The molecule has 0 heterocycles. The summed E-state index contributed by atoms with van der Waals surface area (Å²) >= 11 is 0. The fraction of sp³-hybridized carbons (Fsp3) is 0.650. The van der Waals surface area contributed by atoms with Crippen LogP contribution in [0.15, 0.2) is 18.2 Å². The van der Waals surface area contributed by atoms with E-state index in [2.05, 4.69) is 5.09 Å². The van der Waals surface area contributed by atoms with Gasteiger partial charge in [0.25, 0.3) is 0 Å². The fourth-order valence-corrected chi connectivity index (χ4v) is 4.14. The van der Waals surface area contributed by atoms with Gasteiger partial charge in [0.2, 0.25) is 0 Å². The van der Waals surface area contributed by atoms with Gasteiger partial charge in [0.1, 0.15) is 11.8 Å². The normalized spacial score (nSPS) is 15.1. The lowest BCUT2D eigenvalue weighted by Gasteiger charge is -2.26. The summed E-state index contributed by atoms with van der Waals surface area (Å²) in [4.78, 5) is 12.1. The second kappa shape index (κ2) is 10.3. The molecule has 0 spiro atoms. The van der Waals surface area contributed by atoms with Gasteiger partial charge in [0.15, 0.2) is 0 Å². The monoisotopic (exact) mass is 399 g/mol. The van der Waals surface area contributed by atoms with Crippen molar-refractivity contribution in [2.24, 2.45) is 0 Å². The third kappa shape index (κ3) is 6.95. The minimum absolute atomic E-state index is 0.178. The third-order valence-electron chi connectivity index (χ3n) is 3.89. The van der Waals surface area contributed by atoms with E-state index in [0.717, 1.165) is 11.1 Å². The quantitative estimate of drug-likeness (QED) is 0.420. The highest BCUT2D eigenvalue weighted by atomic mass is 31.2. The maximum atomic E-state index is 13.4. The van der Waals surface area contributed by atoms with E-state index in [4.69, 9.17) is 13.8 Å². The molecule has 0 aliphatic heterocycles. The molecule has 7 heteroatoms. The molecule has 27 heavy (non-hydrogen) atoms. The first-order valence-corrected chi connectivity index (χ1v) is 11.1. The van der Waals surface area contributed by atoms with Gasteiger partial charge in [-0.25, -0.2) is 4.57 Å². The van der Waals surface area contributed by atoms with E-state index >= 15 is 0 Å². The molecule has 0 aliphatic carbocycles. The van der Waals surface area contributed by atoms with Crippen LogP contribution in [0.25, 0.3) is 0 Å². The first-order chi connectivity index (χ1) is 12.5. The van der Waals surface area contributed by atoms with Crippen LogP contribution in [0.1, 0.15) is 78.4 Å². The Hall–Kier alpha value is -1.36. The largest absolute Gasteiger partial charge is 0.462 e. The molecule has 2 unspecified atom stereocenters. The van der Waals surface area contributed by atoms with Crippen molar-refractivity contribution in [1.29, 1.82) is 0 Å². The molecule has 0 aliphatic rings. The van der Waals surface area contributed by atoms with Crippen LogP contribution in [0.3, 0.4) is 0 Å². The third-order valence-corrected chi connectivity index (χ3v) is 5.61. The molecule has 6 nitrogen and oxygen atoms in total. The highest BCUT2D eigenvalue weighted by molar-refractivity contribution is 7.52. The van der Waals surface area contributed by atoms with Crippen molar-refractivity contribution in [3.8, 4) is 5.75 Å². The smallest absolute Gasteiger partial charge is 0.459 e. The second-order valence-electron chi connectivity index (χ2n) is 7.42.